The van der Waals surface area contributed by atoms with E-state index in [2.05, 4.69) is 5.16 Å². The number of amides is 1. The fourth-order valence-corrected chi connectivity index (χ4v) is 1.46. The number of amidine groups is 1. The largest absolute Gasteiger partial charge is 0.409 e. The van der Waals surface area contributed by atoms with Crippen LogP contribution >= 0.6 is 0 Å². The molecule has 7 nitrogen and oxygen atoms in total. The summed E-state index contributed by atoms with van der Waals surface area (Å²) in [6, 6.07) is 0. The number of carbonyl (C=O) groups excluding carboxylic acids is 1. The molecule has 0 aromatic carbocycles. The molecule has 0 aromatic rings. The minimum Gasteiger partial charge on any atom is -0.409 e. The first-order chi connectivity index (χ1) is 6.76. The summed E-state index contributed by atoms with van der Waals surface area (Å²) in [5.74, 6) is -1.04. The molecule has 88 valence electrons. The molecular weight excluding hydrogens is 222 g/mol. The van der Waals surface area contributed by atoms with Gasteiger partial charge in [-0.1, -0.05) is 5.16 Å². The lowest BCUT2D eigenvalue weighted by Crippen LogP contribution is -2.34. The van der Waals surface area contributed by atoms with Crippen molar-refractivity contribution in [3.63, 3.8) is 0 Å². The van der Waals surface area contributed by atoms with E-state index in [4.69, 9.17) is 10.9 Å². The molecule has 1 amide bonds. The van der Waals surface area contributed by atoms with Crippen molar-refractivity contribution in [2.24, 2.45) is 10.9 Å². The quantitative estimate of drug-likeness (QED) is 0.265. The van der Waals surface area contributed by atoms with Crippen LogP contribution in [0.1, 0.15) is 6.42 Å². The summed E-state index contributed by atoms with van der Waals surface area (Å²) in [7, 11) is -1.86. The number of oxime groups is 1. The number of hydrogen-bond acceptors (Lipinski definition) is 5. The van der Waals surface area contributed by atoms with Gasteiger partial charge in [-0.05, 0) is 0 Å². The maximum Gasteiger partial charge on any atom is 0.237 e. The van der Waals surface area contributed by atoms with E-state index in [-0.39, 0.29) is 18.8 Å². The van der Waals surface area contributed by atoms with Crippen molar-refractivity contribution < 1.29 is 18.4 Å². The second-order valence-corrected chi connectivity index (χ2v) is 5.37. The number of rotatable bonds is 5. The second kappa shape index (κ2) is 5.54. The third-order valence-electron chi connectivity index (χ3n) is 1.64. The Balaban J connectivity index is 4.12. The Morgan fingerprint density at radius 2 is 2.07 bits per heavy atom. The Morgan fingerprint density at radius 1 is 1.53 bits per heavy atom. The molecule has 0 heterocycles. The lowest BCUT2D eigenvalue weighted by atomic mass is 10.3. The van der Waals surface area contributed by atoms with Crippen molar-refractivity contribution in [1.82, 2.24) is 4.90 Å². The molecule has 0 spiro atoms. The molecule has 0 rings (SSSR count). The molecule has 0 bridgehead atoms. The summed E-state index contributed by atoms with van der Waals surface area (Å²) in [4.78, 5) is 12.5. The summed E-state index contributed by atoms with van der Waals surface area (Å²) in [5.41, 5.74) is 5.19. The number of sulfone groups is 1. The van der Waals surface area contributed by atoms with Crippen LogP contribution < -0.4 is 5.73 Å². The lowest BCUT2D eigenvalue weighted by Gasteiger charge is -2.15. The first-order valence-electron chi connectivity index (χ1n) is 4.14. The van der Waals surface area contributed by atoms with Gasteiger partial charge in [0.05, 0.1) is 0 Å². The molecular formula is C7H15N3O4S. The Morgan fingerprint density at radius 3 is 2.47 bits per heavy atom. The maximum atomic E-state index is 11.3. The molecule has 3 N–H and O–H groups in total. The van der Waals surface area contributed by atoms with Gasteiger partial charge in [-0.15, -0.1) is 0 Å². The molecule has 0 saturated carbocycles. The molecule has 0 unspecified atom stereocenters. The van der Waals surface area contributed by atoms with Gasteiger partial charge in [0.1, 0.15) is 11.6 Å². The van der Waals surface area contributed by atoms with Crippen molar-refractivity contribution in [3.05, 3.63) is 0 Å². The highest BCUT2D eigenvalue weighted by Gasteiger charge is 2.15. The Bertz CT molecular complexity index is 349. The van der Waals surface area contributed by atoms with Crippen LogP contribution in [0.25, 0.3) is 0 Å². The fraction of sp³-hybridized carbons (Fsp3) is 0.714. The molecule has 15 heavy (non-hydrogen) atoms. The molecule has 0 fully saturated rings. The molecule has 0 radical (unpaired) electrons. The average Bonchev–Trinajstić information content (AvgIpc) is 2.10. The maximum absolute atomic E-state index is 11.3. The van der Waals surface area contributed by atoms with Crippen LogP contribution in [-0.2, 0) is 14.6 Å². The van der Waals surface area contributed by atoms with E-state index < -0.39 is 21.5 Å². The molecule has 0 atom stereocenters. The molecule has 0 aliphatic rings. The van der Waals surface area contributed by atoms with Crippen molar-refractivity contribution in [3.8, 4) is 0 Å². The normalized spacial score (nSPS) is 12.5. The monoisotopic (exact) mass is 237 g/mol. The van der Waals surface area contributed by atoms with Gasteiger partial charge in [0, 0.05) is 26.3 Å². The summed E-state index contributed by atoms with van der Waals surface area (Å²) >= 11 is 0. The predicted molar refractivity (Wildman–Crippen MR) is 55.4 cm³/mol. The van der Waals surface area contributed by atoms with Gasteiger partial charge < -0.3 is 15.8 Å². The Hall–Kier alpha value is -1.31. The van der Waals surface area contributed by atoms with Gasteiger partial charge in [-0.2, -0.15) is 0 Å². The number of carbonyl (C=O) groups is 1. The SMILES string of the molecule is CN(CCC(N)=NO)C(=O)CS(C)(=O)=O. The van der Waals surface area contributed by atoms with Crippen molar-refractivity contribution in [1.29, 1.82) is 0 Å². The fourth-order valence-electron chi connectivity index (χ4n) is 0.791. The first-order valence-corrected chi connectivity index (χ1v) is 6.20. The number of nitrogens with zero attached hydrogens (tertiary/aromatic N) is 2. The zero-order valence-corrected chi connectivity index (χ0v) is 9.49. The highest BCUT2D eigenvalue weighted by molar-refractivity contribution is 7.91. The van der Waals surface area contributed by atoms with E-state index in [1.807, 2.05) is 0 Å². The Kier molecular flexibility index (Phi) is 5.06. The number of nitrogens with two attached hydrogens (primary N) is 1. The highest BCUT2D eigenvalue weighted by Crippen LogP contribution is 1.93. The zero-order valence-electron chi connectivity index (χ0n) is 8.67. The minimum absolute atomic E-state index is 0.00555. The lowest BCUT2D eigenvalue weighted by molar-refractivity contribution is -0.127. The summed E-state index contributed by atoms with van der Waals surface area (Å²) in [6.45, 7) is 0.213. The van der Waals surface area contributed by atoms with Gasteiger partial charge >= 0.3 is 0 Å². The third kappa shape index (κ3) is 6.72. The third-order valence-corrected chi connectivity index (χ3v) is 2.41. The summed E-state index contributed by atoms with van der Waals surface area (Å²) < 4.78 is 21.6. The van der Waals surface area contributed by atoms with Crippen molar-refractivity contribution in [2.45, 2.75) is 6.42 Å². The van der Waals surface area contributed by atoms with E-state index in [0.717, 1.165) is 6.26 Å². The molecule has 0 aliphatic heterocycles. The van der Waals surface area contributed by atoms with Gasteiger partial charge in [-0.3, -0.25) is 4.79 Å². The molecule has 0 aliphatic carbocycles. The summed E-state index contributed by atoms with van der Waals surface area (Å²) in [5, 5.41) is 11.0. The summed E-state index contributed by atoms with van der Waals surface area (Å²) in [6.07, 6.45) is 1.19. The van der Waals surface area contributed by atoms with Gasteiger partial charge in [0.25, 0.3) is 0 Å². The topological polar surface area (TPSA) is 113 Å². The predicted octanol–water partition coefficient (Wildman–Crippen LogP) is -1.37. The standard InChI is InChI=1S/C7H15N3O4S/c1-10(4-3-6(8)9-12)7(11)5-15(2,13)14/h12H,3-5H2,1-2H3,(H2,8,9). The van der Waals surface area contributed by atoms with E-state index in [1.54, 1.807) is 0 Å². The van der Waals surface area contributed by atoms with Crippen LogP contribution in [-0.4, -0.2) is 55.9 Å². The first kappa shape index (κ1) is 13.7. The van der Waals surface area contributed by atoms with E-state index in [0.29, 0.717) is 0 Å². The highest BCUT2D eigenvalue weighted by atomic mass is 32.2. The van der Waals surface area contributed by atoms with Crippen LogP contribution in [0.4, 0.5) is 0 Å². The van der Waals surface area contributed by atoms with Gasteiger partial charge in [0.2, 0.25) is 5.91 Å². The van der Waals surface area contributed by atoms with Crippen molar-refractivity contribution in [2.75, 3.05) is 25.6 Å². The Labute approximate surface area is 88.5 Å². The van der Waals surface area contributed by atoms with Crippen LogP contribution in [0.15, 0.2) is 5.16 Å². The number of hydrogen-bond donors (Lipinski definition) is 2. The smallest absolute Gasteiger partial charge is 0.237 e. The van der Waals surface area contributed by atoms with E-state index in [1.165, 1.54) is 11.9 Å². The zero-order chi connectivity index (χ0) is 12.1. The second-order valence-electron chi connectivity index (χ2n) is 3.23. The molecule has 0 saturated heterocycles. The van der Waals surface area contributed by atoms with Crippen LogP contribution in [0.2, 0.25) is 0 Å². The van der Waals surface area contributed by atoms with Gasteiger partial charge in [0.15, 0.2) is 9.84 Å². The van der Waals surface area contributed by atoms with Crippen molar-refractivity contribution >= 4 is 21.6 Å². The van der Waals surface area contributed by atoms with Crippen LogP contribution in [0.3, 0.4) is 0 Å². The van der Waals surface area contributed by atoms with Crippen LogP contribution in [0, 0.1) is 0 Å². The van der Waals surface area contributed by atoms with E-state index >= 15 is 0 Å². The van der Waals surface area contributed by atoms with Crippen LogP contribution in [0.5, 0.6) is 0 Å². The van der Waals surface area contributed by atoms with E-state index in [9.17, 15) is 13.2 Å². The average molecular weight is 237 g/mol. The molecule has 8 heteroatoms. The van der Waals surface area contributed by atoms with Gasteiger partial charge in [-0.25, -0.2) is 8.42 Å². The minimum atomic E-state index is -3.31. The molecule has 0 aromatic heterocycles.